The second kappa shape index (κ2) is 6.43. The molecule has 0 N–H and O–H groups in total. The minimum atomic E-state index is 0.0672. The summed E-state index contributed by atoms with van der Waals surface area (Å²) in [4.78, 5) is 12.6. The van der Waals surface area contributed by atoms with E-state index in [0.29, 0.717) is 5.78 Å². The van der Waals surface area contributed by atoms with Crippen molar-refractivity contribution < 1.29 is 9.53 Å². The summed E-state index contributed by atoms with van der Waals surface area (Å²) in [6, 6.07) is 0. The van der Waals surface area contributed by atoms with E-state index in [9.17, 15) is 4.79 Å². The number of ketones is 1. The van der Waals surface area contributed by atoms with Crippen LogP contribution in [0.4, 0.5) is 0 Å². The van der Waals surface area contributed by atoms with Gasteiger partial charge in [-0.15, -0.1) is 0 Å². The van der Waals surface area contributed by atoms with Gasteiger partial charge in [-0.2, -0.15) is 0 Å². The fourth-order valence-electron chi connectivity index (χ4n) is 4.28. The number of carbonyl (C=O) groups excluding carboxylic acids is 1. The molecular weight excluding hydrogens is 248 g/mol. The van der Waals surface area contributed by atoms with E-state index >= 15 is 0 Å². The predicted octanol–water partition coefficient (Wildman–Crippen LogP) is 4.58. The summed E-state index contributed by atoms with van der Waals surface area (Å²) in [6.07, 6.45) is 16.2. The van der Waals surface area contributed by atoms with Crippen LogP contribution < -0.4 is 0 Å². The summed E-state index contributed by atoms with van der Waals surface area (Å²) >= 11 is 0. The van der Waals surface area contributed by atoms with Crippen LogP contribution in [0, 0.1) is 5.92 Å². The van der Waals surface area contributed by atoms with Crippen molar-refractivity contribution in [2.24, 2.45) is 5.92 Å². The van der Waals surface area contributed by atoms with Gasteiger partial charge < -0.3 is 4.74 Å². The summed E-state index contributed by atoms with van der Waals surface area (Å²) in [5.41, 5.74) is 1.48. The van der Waals surface area contributed by atoms with E-state index in [1.165, 1.54) is 56.9 Å². The van der Waals surface area contributed by atoms with Gasteiger partial charge in [0.15, 0.2) is 0 Å². The molecule has 1 aliphatic heterocycles. The molecule has 0 aromatic heterocycles. The lowest BCUT2D eigenvalue weighted by molar-refractivity contribution is -0.142. The number of hydrogen-bond acceptors (Lipinski definition) is 2. The zero-order chi connectivity index (χ0) is 13.8. The molecule has 0 bridgehead atoms. The Bertz CT molecular complexity index is 371. The largest absolute Gasteiger partial charge is 0.375 e. The number of allylic oxidation sites excluding steroid dienone is 2. The van der Waals surface area contributed by atoms with E-state index in [-0.39, 0.29) is 11.5 Å². The first-order valence-electron chi connectivity index (χ1n) is 8.62. The SMILES string of the molecule is O=C(CC1=CCCCC1)C1CCOC2(CCCCC2)C1. The maximum Gasteiger partial charge on any atom is 0.140 e. The Morgan fingerprint density at radius 3 is 2.80 bits per heavy atom. The van der Waals surface area contributed by atoms with Crippen LogP contribution in [0.2, 0.25) is 0 Å². The molecule has 1 heterocycles. The van der Waals surface area contributed by atoms with Crippen LogP contribution in [0.3, 0.4) is 0 Å². The quantitative estimate of drug-likeness (QED) is 0.705. The van der Waals surface area contributed by atoms with Gasteiger partial charge in [-0.1, -0.05) is 30.9 Å². The number of Topliss-reactive ketones (excluding diaryl/α,β-unsaturated/α-hetero) is 1. The summed E-state index contributed by atoms with van der Waals surface area (Å²) < 4.78 is 6.11. The molecule has 0 aromatic rings. The lowest BCUT2D eigenvalue weighted by Crippen LogP contribution is -2.43. The molecule has 3 rings (SSSR count). The number of ether oxygens (including phenoxy) is 1. The highest BCUT2D eigenvalue weighted by atomic mass is 16.5. The predicted molar refractivity (Wildman–Crippen MR) is 80.7 cm³/mol. The molecule has 3 aliphatic rings. The van der Waals surface area contributed by atoms with E-state index in [1.54, 1.807) is 0 Å². The van der Waals surface area contributed by atoms with Crippen molar-refractivity contribution in [1.82, 2.24) is 0 Å². The maximum absolute atomic E-state index is 12.6. The van der Waals surface area contributed by atoms with Gasteiger partial charge >= 0.3 is 0 Å². The number of hydrogen-bond donors (Lipinski definition) is 0. The van der Waals surface area contributed by atoms with Gasteiger partial charge in [0.1, 0.15) is 5.78 Å². The van der Waals surface area contributed by atoms with Gasteiger partial charge in [0.25, 0.3) is 0 Å². The lowest BCUT2D eigenvalue weighted by Gasteiger charge is -2.43. The fourth-order valence-corrected chi connectivity index (χ4v) is 4.28. The first-order valence-corrected chi connectivity index (χ1v) is 8.62. The first-order chi connectivity index (χ1) is 9.77. The molecule has 1 atom stereocenters. The second-order valence-electron chi connectivity index (χ2n) is 7.03. The topological polar surface area (TPSA) is 26.3 Å². The van der Waals surface area contributed by atoms with E-state index in [0.717, 1.165) is 32.3 Å². The third kappa shape index (κ3) is 3.33. The Morgan fingerprint density at radius 1 is 1.20 bits per heavy atom. The molecule has 2 fully saturated rings. The highest BCUT2D eigenvalue weighted by Crippen LogP contribution is 2.41. The molecule has 2 heteroatoms. The Balaban J connectivity index is 1.58. The van der Waals surface area contributed by atoms with Crippen molar-refractivity contribution in [1.29, 1.82) is 0 Å². The van der Waals surface area contributed by atoms with Crippen molar-refractivity contribution in [3.8, 4) is 0 Å². The molecule has 2 aliphatic carbocycles. The van der Waals surface area contributed by atoms with Crippen LogP contribution in [-0.4, -0.2) is 18.0 Å². The average Bonchev–Trinajstić information content (AvgIpc) is 2.49. The van der Waals surface area contributed by atoms with Crippen molar-refractivity contribution in [3.05, 3.63) is 11.6 Å². The third-order valence-corrected chi connectivity index (χ3v) is 5.50. The molecule has 2 nitrogen and oxygen atoms in total. The third-order valence-electron chi connectivity index (χ3n) is 5.50. The Morgan fingerprint density at radius 2 is 2.05 bits per heavy atom. The minimum Gasteiger partial charge on any atom is -0.375 e. The zero-order valence-electron chi connectivity index (χ0n) is 12.7. The summed E-state index contributed by atoms with van der Waals surface area (Å²) in [7, 11) is 0. The van der Waals surface area contributed by atoms with E-state index in [2.05, 4.69) is 6.08 Å². The lowest BCUT2D eigenvalue weighted by atomic mass is 9.74. The van der Waals surface area contributed by atoms with E-state index < -0.39 is 0 Å². The summed E-state index contributed by atoms with van der Waals surface area (Å²) in [6.45, 7) is 0.801. The molecule has 0 amide bonds. The molecule has 20 heavy (non-hydrogen) atoms. The highest BCUT2D eigenvalue weighted by molar-refractivity contribution is 5.83. The smallest absolute Gasteiger partial charge is 0.140 e. The summed E-state index contributed by atoms with van der Waals surface area (Å²) in [5.74, 6) is 0.760. The molecule has 112 valence electrons. The normalized spacial score (nSPS) is 30.0. The first kappa shape index (κ1) is 14.3. The van der Waals surface area contributed by atoms with Crippen molar-refractivity contribution in [3.63, 3.8) is 0 Å². The molecule has 1 unspecified atom stereocenters. The van der Waals surface area contributed by atoms with Crippen molar-refractivity contribution in [2.45, 2.75) is 82.7 Å². The maximum atomic E-state index is 12.6. The molecule has 0 aromatic carbocycles. The highest BCUT2D eigenvalue weighted by Gasteiger charge is 2.40. The second-order valence-corrected chi connectivity index (χ2v) is 7.03. The van der Waals surface area contributed by atoms with E-state index in [4.69, 9.17) is 4.74 Å². The van der Waals surface area contributed by atoms with Gasteiger partial charge in [-0.25, -0.2) is 0 Å². The molecule has 1 saturated heterocycles. The average molecular weight is 276 g/mol. The standard InChI is InChI=1S/C18H28O2/c19-17(13-15-7-3-1-4-8-15)16-9-12-20-18(14-16)10-5-2-6-11-18/h7,16H,1-6,8-14H2. The van der Waals surface area contributed by atoms with Crippen LogP contribution in [0.15, 0.2) is 11.6 Å². The van der Waals surface area contributed by atoms with Crippen LogP contribution >= 0.6 is 0 Å². The van der Waals surface area contributed by atoms with Gasteiger partial charge in [0, 0.05) is 18.9 Å². The van der Waals surface area contributed by atoms with Crippen molar-refractivity contribution >= 4 is 5.78 Å². The van der Waals surface area contributed by atoms with Crippen LogP contribution in [0.25, 0.3) is 0 Å². The minimum absolute atomic E-state index is 0.0672. The molecule has 1 spiro atoms. The monoisotopic (exact) mass is 276 g/mol. The Hall–Kier alpha value is -0.630. The molecular formula is C18H28O2. The van der Waals surface area contributed by atoms with Gasteiger partial charge in [0.2, 0.25) is 0 Å². The zero-order valence-corrected chi connectivity index (χ0v) is 12.7. The number of rotatable bonds is 3. The fraction of sp³-hybridized carbons (Fsp3) is 0.833. The van der Waals surface area contributed by atoms with Crippen LogP contribution in [-0.2, 0) is 9.53 Å². The Kier molecular flexibility index (Phi) is 4.60. The van der Waals surface area contributed by atoms with Gasteiger partial charge in [0.05, 0.1) is 5.60 Å². The van der Waals surface area contributed by atoms with Crippen LogP contribution in [0.5, 0.6) is 0 Å². The van der Waals surface area contributed by atoms with E-state index in [1.807, 2.05) is 0 Å². The van der Waals surface area contributed by atoms with Gasteiger partial charge in [-0.3, -0.25) is 4.79 Å². The van der Waals surface area contributed by atoms with Crippen molar-refractivity contribution in [2.75, 3.05) is 6.61 Å². The summed E-state index contributed by atoms with van der Waals surface area (Å²) in [5, 5.41) is 0. The Labute approximate surface area is 123 Å². The molecule has 0 radical (unpaired) electrons. The number of carbonyl (C=O) groups is 1. The van der Waals surface area contributed by atoms with Crippen LogP contribution in [0.1, 0.15) is 77.0 Å². The van der Waals surface area contributed by atoms with Gasteiger partial charge in [-0.05, 0) is 51.4 Å². The molecule has 1 saturated carbocycles.